The average molecular weight is 335 g/mol. The number of ether oxygens (including phenoxy) is 3. The van der Waals surface area contributed by atoms with E-state index in [-0.39, 0.29) is 12.0 Å². The quantitative estimate of drug-likeness (QED) is 0.650. The van der Waals surface area contributed by atoms with Crippen LogP contribution in [0.3, 0.4) is 0 Å². The van der Waals surface area contributed by atoms with E-state index in [0.29, 0.717) is 12.4 Å². The van der Waals surface area contributed by atoms with Gasteiger partial charge < -0.3 is 19.5 Å². The molecule has 0 aliphatic heterocycles. The summed E-state index contributed by atoms with van der Waals surface area (Å²) in [7, 11) is 0. The lowest BCUT2D eigenvalue weighted by Crippen LogP contribution is -2.34. The molecule has 0 spiro atoms. The van der Waals surface area contributed by atoms with Gasteiger partial charge in [-0.2, -0.15) is 0 Å². The third-order valence-electron chi connectivity index (χ3n) is 3.40. The molecule has 0 heterocycles. The van der Waals surface area contributed by atoms with Crippen LogP contribution in [-0.2, 0) is 9.47 Å². The molecule has 1 fully saturated rings. The standard InChI is InChI=1S/C18H25NO5/c1-5-9-22-17(21)23-13-8-6-7-12(10-13)14-11-15(14)19-16(20)24-18(2,3)4/h6-8,10,14-15H,5,9,11H2,1-4H3,(H,19,20). The molecular formula is C18H25NO5. The summed E-state index contributed by atoms with van der Waals surface area (Å²) in [6.45, 7) is 7.74. The van der Waals surface area contributed by atoms with Crippen LogP contribution >= 0.6 is 0 Å². The van der Waals surface area contributed by atoms with E-state index in [0.717, 1.165) is 18.4 Å². The van der Waals surface area contributed by atoms with Gasteiger partial charge in [-0.05, 0) is 51.3 Å². The zero-order valence-electron chi connectivity index (χ0n) is 14.6. The molecule has 1 saturated carbocycles. The van der Waals surface area contributed by atoms with Crippen molar-refractivity contribution in [2.24, 2.45) is 0 Å². The van der Waals surface area contributed by atoms with Crippen molar-refractivity contribution in [3.8, 4) is 5.75 Å². The molecule has 0 radical (unpaired) electrons. The minimum atomic E-state index is -0.701. The first-order chi connectivity index (χ1) is 11.3. The molecule has 6 nitrogen and oxygen atoms in total. The van der Waals surface area contributed by atoms with Crippen LogP contribution in [0.1, 0.15) is 52.0 Å². The summed E-state index contributed by atoms with van der Waals surface area (Å²) >= 11 is 0. The topological polar surface area (TPSA) is 73.9 Å². The smallest absolute Gasteiger partial charge is 0.444 e. The number of amides is 1. The molecule has 24 heavy (non-hydrogen) atoms. The highest BCUT2D eigenvalue weighted by Crippen LogP contribution is 2.41. The maximum absolute atomic E-state index is 11.8. The van der Waals surface area contributed by atoms with Crippen LogP contribution < -0.4 is 10.1 Å². The molecule has 1 aromatic carbocycles. The van der Waals surface area contributed by atoms with Crippen molar-refractivity contribution in [1.29, 1.82) is 0 Å². The molecule has 2 atom stereocenters. The van der Waals surface area contributed by atoms with E-state index in [1.54, 1.807) is 12.1 Å². The van der Waals surface area contributed by atoms with Crippen molar-refractivity contribution < 1.29 is 23.8 Å². The predicted octanol–water partition coefficient (Wildman–Crippen LogP) is 3.99. The lowest BCUT2D eigenvalue weighted by molar-refractivity contribution is 0.0522. The monoisotopic (exact) mass is 335 g/mol. The van der Waals surface area contributed by atoms with E-state index in [4.69, 9.17) is 14.2 Å². The molecule has 1 N–H and O–H groups in total. The van der Waals surface area contributed by atoms with Gasteiger partial charge in [0.1, 0.15) is 11.4 Å². The Balaban J connectivity index is 1.87. The second kappa shape index (κ2) is 7.55. The highest BCUT2D eigenvalue weighted by Gasteiger charge is 2.40. The Labute approximate surface area is 142 Å². The zero-order chi connectivity index (χ0) is 17.7. The number of hydrogen-bond acceptors (Lipinski definition) is 5. The Bertz CT molecular complexity index is 593. The zero-order valence-corrected chi connectivity index (χ0v) is 14.6. The van der Waals surface area contributed by atoms with Crippen LogP contribution in [0.15, 0.2) is 24.3 Å². The Morgan fingerprint density at radius 3 is 2.71 bits per heavy atom. The first-order valence-corrected chi connectivity index (χ1v) is 8.22. The van der Waals surface area contributed by atoms with E-state index in [2.05, 4.69) is 5.32 Å². The summed E-state index contributed by atoms with van der Waals surface area (Å²) < 4.78 is 15.3. The van der Waals surface area contributed by atoms with Crippen LogP contribution in [0.25, 0.3) is 0 Å². The Kier molecular flexibility index (Phi) is 5.70. The Morgan fingerprint density at radius 1 is 1.29 bits per heavy atom. The fourth-order valence-electron chi connectivity index (χ4n) is 2.30. The van der Waals surface area contributed by atoms with Gasteiger partial charge in [0.2, 0.25) is 0 Å². The molecule has 1 aromatic rings. The molecule has 2 rings (SSSR count). The predicted molar refractivity (Wildman–Crippen MR) is 89.2 cm³/mol. The first kappa shape index (κ1) is 18.1. The largest absolute Gasteiger partial charge is 0.513 e. The molecule has 1 aliphatic carbocycles. The van der Waals surface area contributed by atoms with Crippen LogP contribution in [0.5, 0.6) is 5.75 Å². The number of alkyl carbamates (subject to hydrolysis) is 1. The first-order valence-electron chi connectivity index (χ1n) is 8.22. The van der Waals surface area contributed by atoms with Gasteiger partial charge in [0.05, 0.1) is 6.61 Å². The summed E-state index contributed by atoms with van der Waals surface area (Å²) in [4.78, 5) is 23.3. The van der Waals surface area contributed by atoms with Crippen LogP contribution in [0.4, 0.5) is 9.59 Å². The molecule has 132 valence electrons. The maximum atomic E-state index is 11.8. The van der Waals surface area contributed by atoms with Gasteiger partial charge in [0.15, 0.2) is 0 Å². The van der Waals surface area contributed by atoms with Gasteiger partial charge in [-0.15, -0.1) is 0 Å². The molecule has 0 aromatic heterocycles. The van der Waals surface area contributed by atoms with Gasteiger partial charge in [-0.3, -0.25) is 0 Å². The van der Waals surface area contributed by atoms with Gasteiger partial charge in [-0.25, -0.2) is 9.59 Å². The molecule has 6 heteroatoms. The van der Waals surface area contributed by atoms with E-state index in [1.807, 2.05) is 39.8 Å². The summed E-state index contributed by atoms with van der Waals surface area (Å²) in [5.41, 5.74) is 0.498. The summed E-state index contributed by atoms with van der Waals surface area (Å²) in [5, 5.41) is 2.85. The average Bonchev–Trinajstić information content (AvgIpc) is 3.22. The molecule has 2 unspecified atom stereocenters. The fourth-order valence-corrected chi connectivity index (χ4v) is 2.30. The van der Waals surface area contributed by atoms with Gasteiger partial charge in [-0.1, -0.05) is 19.1 Å². The highest BCUT2D eigenvalue weighted by molar-refractivity contribution is 5.69. The maximum Gasteiger partial charge on any atom is 0.513 e. The van der Waals surface area contributed by atoms with Gasteiger partial charge >= 0.3 is 12.2 Å². The third-order valence-corrected chi connectivity index (χ3v) is 3.40. The normalized spacial score (nSPS) is 19.3. The number of carbonyl (C=O) groups is 2. The van der Waals surface area contributed by atoms with Crippen molar-refractivity contribution in [2.45, 2.75) is 58.1 Å². The van der Waals surface area contributed by atoms with Crippen molar-refractivity contribution in [1.82, 2.24) is 5.32 Å². The number of benzene rings is 1. The van der Waals surface area contributed by atoms with E-state index in [9.17, 15) is 9.59 Å². The summed E-state index contributed by atoms with van der Waals surface area (Å²) in [6.07, 6.45) is 0.469. The number of hydrogen-bond donors (Lipinski definition) is 1. The molecular weight excluding hydrogens is 310 g/mol. The summed E-state index contributed by atoms with van der Waals surface area (Å²) in [5.74, 6) is 0.643. The molecule has 0 saturated heterocycles. The number of nitrogens with one attached hydrogen (secondary N) is 1. The van der Waals surface area contributed by atoms with Crippen molar-refractivity contribution in [3.05, 3.63) is 29.8 Å². The van der Waals surface area contributed by atoms with E-state index in [1.165, 1.54) is 0 Å². The third kappa shape index (κ3) is 5.76. The Hall–Kier alpha value is -2.24. The second-order valence-corrected chi connectivity index (χ2v) is 6.87. The van der Waals surface area contributed by atoms with E-state index < -0.39 is 17.8 Å². The molecule has 0 bridgehead atoms. The molecule has 1 amide bonds. The van der Waals surface area contributed by atoms with E-state index >= 15 is 0 Å². The highest BCUT2D eigenvalue weighted by atomic mass is 16.7. The minimum absolute atomic E-state index is 0.0437. The molecule has 1 aliphatic rings. The second-order valence-electron chi connectivity index (χ2n) is 6.87. The number of rotatable bonds is 5. The van der Waals surface area contributed by atoms with Crippen LogP contribution in [-0.4, -0.2) is 30.5 Å². The van der Waals surface area contributed by atoms with Crippen molar-refractivity contribution in [3.63, 3.8) is 0 Å². The lowest BCUT2D eigenvalue weighted by Gasteiger charge is -2.19. The van der Waals surface area contributed by atoms with Crippen molar-refractivity contribution in [2.75, 3.05) is 6.61 Å². The minimum Gasteiger partial charge on any atom is -0.444 e. The lowest BCUT2D eigenvalue weighted by atomic mass is 10.1. The van der Waals surface area contributed by atoms with Gasteiger partial charge in [0.25, 0.3) is 0 Å². The van der Waals surface area contributed by atoms with Crippen LogP contribution in [0.2, 0.25) is 0 Å². The fraction of sp³-hybridized carbons (Fsp3) is 0.556. The summed E-state index contributed by atoms with van der Waals surface area (Å²) in [6, 6.07) is 7.32. The SMILES string of the molecule is CCCOC(=O)Oc1cccc(C2CC2NC(=O)OC(C)(C)C)c1. The van der Waals surface area contributed by atoms with Crippen molar-refractivity contribution >= 4 is 12.2 Å². The number of carbonyl (C=O) groups excluding carboxylic acids is 2. The van der Waals surface area contributed by atoms with Gasteiger partial charge in [0, 0.05) is 12.0 Å². The Morgan fingerprint density at radius 2 is 2.04 bits per heavy atom. The van der Waals surface area contributed by atoms with Crippen LogP contribution in [0, 0.1) is 0 Å².